The molecule has 0 aromatic heterocycles. The summed E-state index contributed by atoms with van der Waals surface area (Å²) in [6.45, 7) is 4.62. The molecule has 2 nitrogen and oxygen atoms in total. The quantitative estimate of drug-likeness (QED) is 0.729. The van der Waals surface area contributed by atoms with Gasteiger partial charge >= 0.3 is 0 Å². The van der Waals surface area contributed by atoms with Gasteiger partial charge in [0, 0.05) is 11.1 Å². The van der Waals surface area contributed by atoms with Crippen LogP contribution >= 0.6 is 0 Å². The first-order chi connectivity index (χ1) is 9.93. The van der Waals surface area contributed by atoms with Crippen LogP contribution in [-0.4, -0.2) is 24.4 Å². The Morgan fingerprint density at radius 1 is 0.857 bits per heavy atom. The van der Waals surface area contributed by atoms with Gasteiger partial charge in [-0.2, -0.15) is 4.59 Å². The second-order valence-corrected chi connectivity index (χ2v) is 6.83. The zero-order chi connectivity index (χ0) is 15.1. The molecule has 0 spiro atoms. The maximum Gasteiger partial charge on any atom is 0.149 e. The molecule has 1 unspecified atom stereocenters. The van der Waals surface area contributed by atoms with Crippen molar-refractivity contribution >= 4 is 5.71 Å². The minimum absolute atomic E-state index is 0.00773. The van der Waals surface area contributed by atoms with Crippen LogP contribution in [0, 0.1) is 5.41 Å². The molecule has 0 radical (unpaired) electrons. The summed E-state index contributed by atoms with van der Waals surface area (Å²) in [6, 6.07) is 21.6. The highest BCUT2D eigenvalue weighted by Crippen LogP contribution is 2.49. The summed E-state index contributed by atoms with van der Waals surface area (Å²) in [6.07, 6.45) is 0. The van der Waals surface area contributed by atoms with Gasteiger partial charge in [0.2, 0.25) is 0 Å². The van der Waals surface area contributed by atoms with E-state index in [1.165, 1.54) is 16.8 Å². The summed E-state index contributed by atoms with van der Waals surface area (Å²) in [5.41, 5.74) is 3.77. The van der Waals surface area contributed by atoms with E-state index in [1.807, 2.05) is 0 Å². The average molecular weight is 279 g/mol. The molecule has 1 aliphatic rings. The van der Waals surface area contributed by atoms with Gasteiger partial charge in [0.05, 0.1) is 19.5 Å². The predicted molar refractivity (Wildman–Crippen MR) is 88.1 cm³/mol. The molecule has 1 aliphatic heterocycles. The summed E-state index contributed by atoms with van der Waals surface area (Å²) in [7, 11) is 4.38. The van der Waals surface area contributed by atoms with Gasteiger partial charge < -0.3 is 0 Å². The Morgan fingerprint density at radius 3 is 1.95 bits per heavy atom. The van der Waals surface area contributed by atoms with E-state index in [1.54, 1.807) is 0 Å². The molecule has 2 heteroatoms. The normalized spacial score (nSPS) is 22.9. The van der Waals surface area contributed by atoms with Gasteiger partial charge in [-0.25, -0.2) is 0 Å². The van der Waals surface area contributed by atoms with Crippen LogP contribution in [0.3, 0.4) is 0 Å². The van der Waals surface area contributed by atoms with Crippen LogP contribution in [-0.2, 0) is 0 Å². The summed E-state index contributed by atoms with van der Waals surface area (Å²) in [5, 5.41) is 5.06. The van der Waals surface area contributed by atoms with Crippen molar-refractivity contribution in [2.75, 3.05) is 14.1 Å². The van der Waals surface area contributed by atoms with Crippen molar-refractivity contribution in [3.63, 3.8) is 0 Å². The summed E-state index contributed by atoms with van der Waals surface area (Å²) in [5.74, 6) is 0. The molecule has 0 amide bonds. The monoisotopic (exact) mass is 279 g/mol. The Hall–Kier alpha value is -1.93. The van der Waals surface area contributed by atoms with E-state index >= 15 is 0 Å². The minimum atomic E-state index is -0.00773. The Labute approximate surface area is 127 Å². The fraction of sp³-hybridized carbons (Fsp3) is 0.316. The molecule has 0 N–H and O–H groups in total. The molecule has 2 aromatic rings. The average Bonchev–Trinajstić information content (AvgIpc) is 2.66. The Balaban J connectivity index is 2.11. The molecule has 0 bridgehead atoms. The third-order valence-electron chi connectivity index (χ3n) is 4.45. The lowest BCUT2D eigenvalue weighted by Gasteiger charge is -2.34. The predicted octanol–water partition coefficient (Wildman–Crippen LogP) is 4.25. The third-order valence-corrected chi connectivity index (χ3v) is 4.45. The van der Waals surface area contributed by atoms with Crippen molar-refractivity contribution in [2.24, 2.45) is 10.5 Å². The van der Waals surface area contributed by atoms with E-state index in [2.05, 4.69) is 88.6 Å². The zero-order valence-electron chi connectivity index (χ0n) is 13.2. The lowest BCUT2D eigenvalue weighted by Crippen LogP contribution is -2.40. The van der Waals surface area contributed by atoms with E-state index in [0.29, 0.717) is 10.6 Å². The third kappa shape index (κ3) is 2.30. The van der Waals surface area contributed by atoms with Crippen molar-refractivity contribution in [3.8, 4) is 0 Å². The number of nitrogens with zero attached hydrogens (tertiary/aromatic N) is 2. The summed E-state index contributed by atoms with van der Waals surface area (Å²) < 4.78 is 0.640. The highest BCUT2D eigenvalue weighted by atomic mass is 15.6. The first-order valence-corrected chi connectivity index (χ1v) is 7.47. The van der Waals surface area contributed by atoms with Crippen LogP contribution in [0.1, 0.15) is 31.0 Å². The summed E-state index contributed by atoms with van der Waals surface area (Å²) in [4.78, 5) is 0. The van der Waals surface area contributed by atoms with Gasteiger partial charge in [-0.05, 0) is 13.8 Å². The standard InChI is InChI=1S/C19H23N2/c1-19(2)17(15-11-7-5-8-12-15)20-21(3,4)18(19)16-13-9-6-10-14-16/h5-14,18H,1-4H3/q+1. The molecule has 0 fully saturated rings. The van der Waals surface area contributed by atoms with E-state index in [4.69, 9.17) is 5.10 Å². The Morgan fingerprint density at radius 2 is 1.38 bits per heavy atom. The van der Waals surface area contributed by atoms with Gasteiger partial charge in [0.15, 0.2) is 0 Å². The van der Waals surface area contributed by atoms with E-state index < -0.39 is 0 Å². The number of benzene rings is 2. The zero-order valence-corrected chi connectivity index (χ0v) is 13.2. The smallest absolute Gasteiger partial charge is 0.149 e. The number of hydrogen-bond acceptors (Lipinski definition) is 1. The van der Waals surface area contributed by atoms with E-state index in [-0.39, 0.29) is 5.41 Å². The second-order valence-electron chi connectivity index (χ2n) is 6.83. The molecule has 21 heavy (non-hydrogen) atoms. The second kappa shape index (κ2) is 4.81. The molecule has 3 rings (SSSR count). The highest BCUT2D eigenvalue weighted by Gasteiger charge is 2.53. The molecule has 2 aromatic carbocycles. The number of rotatable bonds is 2. The number of hydrogen-bond donors (Lipinski definition) is 0. The van der Waals surface area contributed by atoms with Crippen LogP contribution in [0.15, 0.2) is 65.8 Å². The van der Waals surface area contributed by atoms with Crippen molar-refractivity contribution in [1.29, 1.82) is 0 Å². The van der Waals surface area contributed by atoms with Gasteiger partial charge in [-0.3, -0.25) is 0 Å². The fourth-order valence-electron chi connectivity index (χ4n) is 3.81. The first-order valence-electron chi connectivity index (χ1n) is 7.47. The molecule has 1 heterocycles. The molecular formula is C19H23N2+. The molecule has 0 saturated heterocycles. The van der Waals surface area contributed by atoms with Crippen molar-refractivity contribution in [3.05, 3.63) is 71.8 Å². The Bertz CT molecular complexity index is 654. The van der Waals surface area contributed by atoms with Gasteiger partial charge in [0.1, 0.15) is 11.8 Å². The van der Waals surface area contributed by atoms with Crippen LogP contribution in [0.5, 0.6) is 0 Å². The molecule has 108 valence electrons. The van der Waals surface area contributed by atoms with Gasteiger partial charge in [-0.15, -0.1) is 0 Å². The topological polar surface area (TPSA) is 12.4 Å². The lowest BCUT2D eigenvalue weighted by atomic mass is 9.75. The van der Waals surface area contributed by atoms with Crippen LogP contribution in [0.2, 0.25) is 0 Å². The molecule has 1 atom stereocenters. The maximum absolute atomic E-state index is 5.06. The highest BCUT2D eigenvalue weighted by molar-refractivity contribution is 6.05. The Kier molecular flexibility index (Phi) is 3.22. The van der Waals surface area contributed by atoms with Crippen LogP contribution in [0.4, 0.5) is 0 Å². The molecular weight excluding hydrogens is 256 g/mol. The van der Waals surface area contributed by atoms with Gasteiger partial charge in [-0.1, -0.05) is 65.8 Å². The lowest BCUT2D eigenvalue weighted by molar-refractivity contribution is -0.926. The molecule has 0 saturated carbocycles. The van der Waals surface area contributed by atoms with Gasteiger partial charge in [0.25, 0.3) is 0 Å². The van der Waals surface area contributed by atoms with Crippen molar-refractivity contribution in [2.45, 2.75) is 19.9 Å². The van der Waals surface area contributed by atoms with Crippen LogP contribution in [0.25, 0.3) is 0 Å². The fourth-order valence-corrected chi connectivity index (χ4v) is 3.81. The van der Waals surface area contributed by atoms with E-state index in [0.717, 1.165) is 0 Å². The molecule has 0 aliphatic carbocycles. The summed E-state index contributed by atoms with van der Waals surface area (Å²) >= 11 is 0. The first kappa shape index (κ1) is 14.0. The van der Waals surface area contributed by atoms with Crippen LogP contribution < -0.4 is 0 Å². The minimum Gasteiger partial charge on any atom is -0.195 e. The van der Waals surface area contributed by atoms with E-state index in [9.17, 15) is 0 Å². The van der Waals surface area contributed by atoms with Crippen molar-refractivity contribution < 1.29 is 4.59 Å². The maximum atomic E-state index is 5.06. The van der Waals surface area contributed by atoms with Crippen molar-refractivity contribution in [1.82, 2.24) is 0 Å². The number of quaternary nitrogens is 1. The SMILES string of the molecule is CC1(C)C(c2ccccc2)=N[N+](C)(C)C1c1ccccc1. The largest absolute Gasteiger partial charge is 0.195 e.